The van der Waals surface area contributed by atoms with Gasteiger partial charge in [-0.15, -0.1) is 0 Å². The van der Waals surface area contributed by atoms with Gasteiger partial charge >= 0.3 is 0 Å². The van der Waals surface area contributed by atoms with Crippen LogP contribution >= 0.6 is 11.6 Å². The van der Waals surface area contributed by atoms with E-state index in [2.05, 4.69) is 0 Å². The van der Waals surface area contributed by atoms with Crippen LogP contribution in [-0.2, 0) is 0 Å². The maximum Gasteiger partial charge on any atom is 0.138 e. The van der Waals surface area contributed by atoms with E-state index in [0.29, 0.717) is 11.6 Å². The minimum absolute atomic E-state index is 0.0419. The SMILES string of the molecule is NCCC1(Oc2ccccc2Cl)CCC1. The summed E-state index contributed by atoms with van der Waals surface area (Å²) in [5, 5.41) is 0.681. The van der Waals surface area contributed by atoms with E-state index in [0.717, 1.165) is 25.0 Å². The molecule has 15 heavy (non-hydrogen) atoms. The predicted octanol–water partition coefficient (Wildman–Crippen LogP) is 2.99. The van der Waals surface area contributed by atoms with E-state index in [-0.39, 0.29) is 5.60 Å². The smallest absolute Gasteiger partial charge is 0.138 e. The molecule has 0 spiro atoms. The Morgan fingerprint density at radius 2 is 2.07 bits per heavy atom. The van der Waals surface area contributed by atoms with Gasteiger partial charge in [-0.05, 0) is 44.4 Å². The van der Waals surface area contributed by atoms with Gasteiger partial charge in [0.15, 0.2) is 0 Å². The molecule has 0 bridgehead atoms. The van der Waals surface area contributed by atoms with Gasteiger partial charge in [0.1, 0.15) is 11.4 Å². The Morgan fingerprint density at radius 3 is 2.60 bits per heavy atom. The molecule has 1 aliphatic carbocycles. The van der Waals surface area contributed by atoms with Crippen LogP contribution < -0.4 is 10.5 Å². The molecule has 1 saturated carbocycles. The highest BCUT2D eigenvalue weighted by molar-refractivity contribution is 6.32. The Balaban J connectivity index is 2.10. The van der Waals surface area contributed by atoms with Crippen LogP contribution in [0.15, 0.2) is 24.3 Å². The minimum Gasteiger partial charge on any atom is -0.486 e. The van der Waals surface area contributed by atoms with Crippen LogP contribution in [0.25, 0.3) is 0 Å². The van der Waals surface area contributed by atoms with Crippen molar-refractivity contribution >= 4 is 11.6 Å². The number of nitrogens with two attached hydrogens (primary N) is 1. The highest BCUT2D eigenvalue weighted by Gasteiger charge is 2.38. The van der Waals surface area contributed by atoms with Crippen molar-refractivity contribution in [3.8, 4) is 5.75 Å². The molecule has 1 fully saturated rings. The lowest BCUT2D eigenvalue weighted by molar-refractivity contribution is -0.0124. The molecule has 0 unspecified atom stereocenters. The fourth-order valence-corrected chi connectivity index (χ4v) is 2.17. The maximum atomic E-state index is 6.06. The molecule has 0 heterocycles. The number of rotatable bonds is 4. The zero-order valence-electron chi connectivity index (χ0n) is 8.71. The average molecular weight is 226 g/mol. The summed E-state index contributed by atoms with van der Waals surface area (Å²) in [5.41, 5.74) is 5.56. The van der Waals surface area contributed by atoms with Crippen molar-refractivity contribution in [1.82, 2.24) is 0 Å². The Morgan fingerprint density at radius 1 is 1.33 bits per heavy atom. The van der Waals surface area contributed by atoms with Gasteiger partial charge in [-0.2, -0.15) is 0 Å². The standard InChI is InChI=1S/C12H16ClNO/c13-10-4-1-2-5-11(10)15-12(8-9-14)6-3-7-12/h1-2,4-5H,3,6-9,14H2. The molecule has 1 aromatic carbocycles. The van der Waals surface area contributed by atoms with E-state index < -0.39 is 0 Å². The van der Waals surface area contributed by atoms with Crippen molar-refractivity contribution in [1.29, 1.82) is 0 Å². The summed E-state index contributed by atoms with van der Waals surface area (Å²) in [6.07, 6.45) is 4.33. The quantitative estimate of drug-likeness (QED) is 0.855. The van der Waals surface area contributed by atoms with Crippen LogP contribution in [0.3, 0.4) is 0 Å². The van der Waals surface area contributed by atoms with Gasteiger partial charge in [-0.1, -0.05) is 23.7 Å². The lowest BCUT2D eigenvalue weighted by Gasteiger charge is -2.42. The summed E-state index contributed by atoms with van der Waals surface area (Å²) >= 11 is 6.06. The number of halogens is 1. The molecule has 0 amide bonds. The third-order valence-corrected chi connectivity index (χ3v) is 3.34. The Labute approximate surface area is 95.4 Å². The summed E-state index contributed by atoms with van der Waals surface area (Å²) in [6, 6.07) is 7.62. The van der Waals surface area contributed by atoms with E-state index in [1.807, 2.05) is 24.3 Å². The number of hydrogen-bond acceptors (Lipinski definition) is 2. The van der Waals surface area contributed by atoms with Crippen LogP contribution in [0.1, 0.15) is 25.7 Å². The van der Waals surface area contributed by atoms with Crippen LogP contribution in [0.4, 0.5) is 0 Å². The summed E-state index contributed by atoms with van der Waals surface area (Å²) in [5.74, 6) is 0.785. The molecule has 2 rings (SSSR count). The van der Waals surface area contributed by atoms with Gasteiger partial charge in [-0.25, -0.2) is 0 Å². The fourth-order valence-electron chi connectivity index (χ4n) is 2.00. The Kier molecular flexibility index (Phi) is 3.17. The predicted molar refractivity (Wildman–Crippen MR) is 62.3 cm³/mol. The average Bonchev–Trinajstić information content (AvgIpc) is 2.18. The van der Waals surface area contributed by atoms with Crippen LogP contribution in [0.5, 0.6) is 5.75 Å². The van der Waals surface area contributed by atoms with Crippen molar-refractivity contribution in [2.45, 2.75) is 31.3 Å². The molecule has 0 atom stereocenters. The summed E-state index contributed by atoms with van der Waals surface area (Å²) < 4.78 is 6.00. The van der Waals surface area contributed by atoms with Crippen molar-refractivity contribution in [2.24, 2.45) is 5.73 Å². The van der Waals surface area contributed by atoms with Crippen molar-refractivity contribution < 1.29 is 4.74 Å². The first-order valence-electron chi connectivity index (χ1n) is 5.39. The van der Waals surface area contributed by atoms with Gasteiger partial charge in [0.05, 0.1) is 5.02 Å². The maximum absolute atomic E-state index is 6.06. The number of benzene rings is 1. The normalized spacial score (nSPS) is 18.3. The molecular weight excluding hydrogens is 210 g/mol. The zero-order chi connectivity index (χ0) is 10.7. The number of ether oxygens (including phenoxy) is 1. The highest BCUT2D eigenvalue weighted by Crippen LogP contribution is 2.40. The molecule has 0 radical (unpaired) electrons. The van der Waals surface area contributed by atoms with Crippen molar-refractivity contribution in [2.75, 3.05) is 6.54 Å². The molecule has 82 valence electrons. The van der Waals surface area contributed by atoms with E-state index in [4.69, 9.17) is 22.1 Å². The summed E-state index contributed by atoms with van der Waals surface area (Å²) in [6.45, 7) is 0.671. The van der Waals surface area contributed by atoms with E-state index in [9.17, 15) is 0 Å². The molecule has 1 aromatic rings. The highest BCUT2D eigenvalue weighted by atomic mass is 35.5. The number of para-hydroxylation sites is 1. The van der Waals surface area contributed by atoms with Gasteiger partial charge in [0.25, 0.3) is 0 Å². The fraction of sp³-hybridized carbons (Fsp3) is 0.500. The topological polar surface area (TPSA) is 35.2 Å². The van der Waals surface area contributed by atoms with Gasteiger partial charge in [-0.3, -0.25) is 0 Å². The minimum atomic E-state index is -0.0419. The third-order valence-electron chi connectivity index (χ3n) is 3.03. The van der Waals surface area contributed by atoms with Gasteiger partial charge in [0, 0.05) is 0 Å². The lowest BCUT2D eigenvalue weighted by Crippen LogP contribution is -2.44. The second-order valence-electron chi connectivity index (χ2n) is 4.11. The first-order valence-corrected chi connectivity index (χ1v) is 5.77. The molecule has 0 aliphatic heterocycles. The first-order chi connectivity index (χ1) is 7.26. The number of hydrogen-bond donors (Lipinski definition) is 1. The summed E-state index contributed by atoms with van der Waals surface area (Å²) in [4.78, 5) is 0. The van der Waals surface area contributed by atoms with Crippen LogP contribution in [-0.4, -0.2) is 12.1 Å². The van der Waals surface area contributed by atoms with Crippen LogP contribution in [0.2, 0.25) is 5.02 Å². The van der Waals surface area contributed by atoms with Gasteiger partial charge in [0.2, 0.25) is 0 Å². The van der Waals surface area contributed by atoms with E-state index in [1.165, 1.54) is 6.42 Å². The molecule has 2 N–H and O–H groups in total. The first kappa shape index (κ1) is 10.8. The van der Waals surface area contributed by atoms with Crippen LogP contribution in [0, 0.1) is 0 Å². The van der Waals surface area contributed by atoms with Gasteiger partial charge < -0.3 is 10.5 Å². The largest absolute Gasteiger partial charge is 0.486 e. The third kappa shape index (κ3) is 2.27. The van der Waals surface area contributed by atoms with Crippen molar-refractivity contribution in [3.05, 3.63) is 29.3 Å². The zero-order valence-corrected chi connectivity index (χ0v) is 9.46. The van der Waals surface area contributed by atoms with E-state index >= 15 is 0 Å². The second-order valence-corrected chi connectivity index (χ2v) is 4.51. The summed E-state index contributed by atoms with van der Waals surface area (Å²) in [7, 11) is 0. The Bertz CT molecular complexity index is 336. The van der Waals surface area contributed by atoms with E-state index in [1.54, 1.807) is 0 Å². The second kappa shape index (κ2) is 4.42. The Hall–Kier alpha value is -0.730. The monoisotopic (exact) mass is 225 g/mol. The molecule has 2 nitrogen and oxygen atoms in total. The molecule has 3 heteroatoms. The molecule has 1 aliphatic rings. The molecular formula is C12H16ClNO. The van der Waals surface area contributed by atoms with Crippen molar-refractivity contribution in [3.63, 3.8) is 0 Å². The lowest BCUT2D eigenvalue weighted by atomic mass is 9.77. The molecule has 0 aromatic heterocycles. The molecule has 0 saturated heterocycles.